The number of nitrogens with two attached hydrogens (primary N) is 1. The van der Waals surface area contributed by atoms with Crippen molar-refractivity contribution in [2.24, 2.45) is 5.73 Å². The van der Waals surface area contributed by atoms with Crippen molar-refractivity contribution in [3.63, 3.8) is 0 Å². The third kappa shape index (κ3) is 7.01. The smallest absolute Gasteiger partial charge is 0.317 e. The second-order valence-corrected chi connectivity index (χ2v) is 6.61. The maximum atomic E-state index is 12.1. The van der Waals surface area contributed by atoms with E-state index in [9.17, 15) is 9.59 Å². The molecule has 21 heavy (non-hydrogen) atoms. The molecular weight excluding hydrogens is 292 g/mol. The first-order valence-corrected chi connectivity index (χ1v) is 8.35. The van der Waals surface area contributed by atoms with E-state index in [1.54, 1.807) is 16.7 Å². The molecule has 0 radical (unpaired) electrons. The summed E-state index contributed by atoms with van der Waals surface area (Å²) in [5.74, 6) is -0.367. The second-order valence-electron chi connectivity index (χ2n) is 5.33. The molecule has 1 fully saturated rings. The van der Waals surface area contributed by atoms with E-state index in [0.717, 1.165) is 0 Å². The lowest BCUT2D eigenvalue weighted by atomic mass is 10.2. The van der Waals surface area contributed by atoms with E-state index in [0.29, 0.717) is 38.0 Å². The molecule has 7 nitrogen and oxygen atoms in total. The number of urea groups is 1. The number of likely N-dealkylation sites (N-methyl/N-ethyl adjacent to an activating group) is 1. The van der Waals surface area contributed by atoms with Crippen LogP contribution in [0.15, 0.2) is 0 Å². The first-order valence-electron chi connectivity index (χ1n) is 7.06. The lowest BCUT2D eigenvalue weighted by Gasteiger charge is -2.34. The van der Waals surface area contributed by atoms with E-state index in [2.05, 4.69) is 12.2 Å². The summed E-state index contributed by atoms with van der Waals surface area (Å²) in [7, 11) is 1.81. The fourth-order valence-electron chi connectivity index (χ4n) is 2.12. The van der Waals surface area contributed by atoms with Crippen LogP contribution in [0.4, 0.5) is 4.79 Å². The van der Waals surface area contributed by atoms with Crippen molar-refractivity contribution in [1.82, 2.24) is 15.1 Å². The summed E-state index contributed by atoms with van der Waals surface area (Å²) in [5, 5.41) is 3.33. The number of amides is 3. The molecule has 3 amide bonds. The number of ether oxygens (including phenoxy) is 1. The SMILES string of the molecule is CS[C@H](C)CNC(=O)N1CCO[C@@H](CN(C)CC(N)=O)C1. The Labute approximate surface area is 130 Å². The van der Waals surface area contributed by atoms with Crippen LogP contribution in [0.1, 0.15) is 6.92 Å². The quantitative estimate of drug-likeness (QED) is 0.665. The first kappa shape index (κ1) is 18.1. The van der Waals surface area contributed by atoms with Gasteiger partial charge >= 0.3 is 6.03 Å². The molecule has 2 atom stereocenters. The van der Waals surface area contributed by atoms with Crippen LogP contribution in [0, 0.1) is 0 Å². The molecule has 0 aromatic rings. The molecule has 1 saturated heterocycles. The molecule has 0 saturated carbocycles. The van der Waals surface area contributed by atoms with E-state index in [1.807, 2.05) is 18.2 Å². The first-order chi connectivity index (χ1) is 9.92. The predicted octanol–water partition coefficient (Wildman–Crippen LogP) is -0.435. The maximum Gasteiger partial charge on any atom is 0.317 e. The Morgan fingerprint density at radius 2 is 2.29 bits per heavy atom. The molecule has 0 aliphatic carbocycles. The minimum atomic E-state index is -0.367. The van der Waals surface area contributed by atoms with Crippen LogP contribution in [0.5, 0.6) is 0 Å². The summed E-state index contributed by atoms with van der Waals surface area (Å²) < 4.78 is 5.64. The van der Waals surface area contributed by atoms with Gasteiger partial charge in [0.15, 0.2) is 0 Å². The van der Waals surface area contributed by atoms with Crippen molar-refractivity contribution >= 4 is 23.7 Å². The van der Waals surface area contributed by atoms with E-state index >= 15 is 0 Å². The van der Waals surface area contributed by atoms with Crippen molar-refractivity contribution in [1.29, 1.82) is 0 Å². The fourth-order valence-corrected chi connectivity index (χ4v) is 2.37. The molecule has 1 rings (SSSR count). The molecule has 0 aromatic heterocycles. The van der Waals surface area contributed by atoms with Gasteiger partial charge in [-0.15, -0.1) is 0 Å². The maximum absolute atomic E-state index is 12.1. The number of primary amides is 1. The van der Waals surface area contributed by atoms with E-state index in [1.165, 1.54) is 0 Å². The Bertz CT molecular complexity index is 356. The zero-order chi connectivity index (χ0) is 15.8. The number of hydrogen-bond donors (Lipinski definition) is 2. The van der Waals surface area contributed by atoms with Crippen molar-refractivity contribution < 1.29 is 14.3 Å². The highest BCUT2D eigenvalue weighted by Crippen LogP contribution is 2.08. The van der Waals surface area contributed by atoms with Gasteiger partial charge in [0.05, 0.1) is 19.3 Å². The number of nitrogens with one attached hydrogen (secondary N) is 1. The Kier molecular flexibility index (Phi) is 7.84. The number of carbonyl (C=O) groups excluding carboxylic acids is 2. The minimum absolute atomic E-state index is 0.0539. The largest absolute Gasteiger partial charge is 0.373 e. The lowest BCUT2D eigenvalue weighted by Crippen LogP contribution is -2.53. The van der Waals surface area contributed by atoms with Gasteiger partial charge in [0.1, 0.15) is 0 Å². The van der Waals surface area contributed by atoms with Crippen molar-refractivity contribution in [2.75, 3.05) is 52.6 Å². The molecule has 0 aromatic carbocycles. The van der Waals surface area contributed by atoms with Gasteiger partial charge in [-0.3, -0.25) is 9.69 Å². The van der Waals surface area contributed by atoms with Gasteiger partial charge < -0.3 is 20.7 Å². The number of nitrogens with zero attached hydrogens (tertiary/aromatic N) is 2. The fraction of sp³-hybridized carbons (Fsp3) is 0.846. The highest BCUT2D eigenvalue weighted by molar-refractivity contribution is 7.99. The highest BCUT2D eigenvalue weighted by Gasteiger charge is 2.25. The summed E-state index contributed by atoms with van der Waals surface area (Å²) in [6, 6.07) is -0.0539. The van der Waals surface area contributed by atoms with Gasteiger partial charge in [-0.1, -0.05) is 6.92 Å². The van der Waals surface area contributed by atoms with Crippen LogP contribution in [-0.4, -0.2) is 85.7 Å². The van der Waals surface area contributed by atoms with Crippen LogP contribution in [-0.2, 0) is 9.53 Å². The average Bonchev–Trinajstić information content (AvgIpc) is 2.43. The Hall–Kier alpha value is -0.990. The Morgan fingerprint density at radius 3 is 2.90 bits per heavy atom. The summed E-state index contributed by atoms with van der Waals surface area (Å²) in [4.78, 5) is 26.5. The highest BCUT2D eigenvalue weighted by atomic mass is 32.2. The van der Waals surface area contributed by atoms with E-state index in [4.69, 9.17) is 10.5 Å². The van der Waals surface area contributed by atoms with Gasteiger partial charge in [0, 0.05) is 31.4 Å². The van der Waals surface area contributed by atoms with Crippen LogP contribution in [0.3, 0.4) is 0 Å². The van der Waals surface area contributed by atoms with Gasteiger partial charge in [-0.2, -0.15) is 11.8 Å². The third-order valence-electron chi connectivity index (χ3n) is 3.31. The van der Waals surface area contributed by atoms with Crippen molar-refractivity contribution in [2.45, 2.75) is 18.3 Å². The molecule has 3 N–H and O–H groups in total. The predicted molar refractivity (Wildman–Crippen MR) is 84.4 cm³/mol. The molecular formula is C13H26N4O3S. The van der Waals surface area contributed by atoms with Crippen LogP contribution in [0.25, 0.3) is 0 Å². The third-order valence-corrected chi connectivity index (χ3v) is 4.28. The van der Waals surface area contributed by atoms with E-state index in [-0.39, 0.29) is 24.6 Å². The normalized spacial score (nSPS) is 20.4. The molecule has 0 spiro atoms. The topological polar surface area (TPSA) is 87.9 Å². The monoisotopic (exact) mass is 318 g/mol. The van der Waals surface area contributed by atoms with Crippen molar-refractivity contribution in [3.05, 3.63) is 0 Å². The Balaban J connectivity index is 2.37. The standard InChI is InChI=1S/C13H26N4O3S/c1-10(21-3)6-15-13(19)17-4-5-20-11(8-17)7-16(2)9-12(14)18/h10-11H,4-9H2,1-3H3,(H2,14,18)(H,15,19)/t10-,11+/m1/s1. The molecule has 1 heterocycles. The molecule has 122 valence electrons. The number of hydrogen-bond acceptors (Lipinski definition) is 5. The molecule has 0 bridgehead atoms. The second kappa shape index (κ2) is 9.11. The molecule has 1 aliphatic rings. The van der Waals surface area contributed by atoms with E-state index < -0.39 is 0 Å². The summed E-state index contributed by atoms with van der Waals surface area (Å²) in [6.07, 6.45) is 1.93. The zero-order valence-electron chi connectivity index (χ0n) is 13.0. The number of carbonyl (C=O) groups is 2. The van der Waals surface area contributed by atoms with Gasteiger partial charge in [-0.25, -0.2) is 4.79 Å². The van der Waals surface area contributed by atoms with Crippen LogP contribution < -0.4 is 11.1 Å². The minimum Gasteiger partial charge on any atom is -0.373 e. The van der Waals surface area contributed by atoms with Gasteiger partial charge in [0.25, 0.3) is 0 Å². The Morgan fingerprint density at radius 1 is 1.57 bits per heavy atom. The van der Waals surface area contributed by atoms with Crippen LogP contribution in [0.2, 0.25) is 0 Å². The van der Waals surface area contributed by atoms with Crippen LogP contribution >= 0.6 is 11.8 Å². The lowest BCUT2D eigenvalue weighted by molar-refractivity contribution is -0.119. The summed E-state index contributed by atoms with van der Waals surface area (Å²) in [5.41, 5.74) is 5.16. The summed E-state index contributed by atoms with van der Waals surface area (Å²) >= 11 is 1.72. The van der Waals surface area contributed by atoms with Crippen molar-refractivity contribution in [3.8, 4) is 0 Å². The van der Waals surface area contributed by atoms with Gasteiger partial charge in [0.2, 0.25) is 5.91 Å². The molecule has 8 heteroatoms. The van der Waals surface area contributed by atoms with Gasteiger partial charge in [-0.05, 0) is 13.3 Å². The molecule has 0 unspecified atom stereocenters. The average molecular weight is 318 g/mol. The number of morpholine rings is 1. The summed E-state index contributed by atoms with van der Waals surface area (Å²) in [6.45, 7) is 5.14. The molecule has 1 aliphatic heterocycles. The number of thioether (sulfide) groups is 1. The zero-order valence-corrected chi connectivity index (χ0v) is 13.8. The number of rotatable bonds is 7.